The maximum Gasteiger partial charge on any atom is 0.235 e. The van der Waals surface area contributed by atoms with Crippen molar-refractivity contribution in [3.8, 4) is 11.8 Å². The minimum atomic E-state index is -0.864. The van der Waals surface area contributed by atoms with Gasteiger partial charge < -0.3 is 9.64 Å². The monoisotopic (exact) mass is 492 g/mol. The summed E-state index contributed by atoms with van der Waals surface area (Å²) < 4.78 is 32.8. The van der Waals surface area contributed by atoms with Crippen LogP contribution in [-0.4, -0.2) is 28.4 Å². The van der Waals surface area contributed by atoms with Crippen LogP contribution < -0.4 is 4.74 Å². The summed E-state index contributed by atoms with van der Waals surface area (Å²) in [7, 11) is 1.45. The number of allylic oxidation sites excluding steroid dienone is 1. The Morgan fingerprint density at radius 1 is 1.50 bits per heavy atom. The molecule has 1 amide bonds. The summed E-state index contributed by atoms with van der Waals surface area (Å²) >= 11 is 1.96. The van der Waals surface area contributed by atoms with E-state index in [9.17, 15) is 13.6 Å². The summed E-state index contributed by atoms with van der Waals surface area (Å²) in [6.45, 7) is -0.304. The minimum Gasteiger partial charge on any atom is -0.479 e. The van der Waals surface area contributed by atoms with Gasteiger partial charge in [0.15, 0.2) is 6.61 Å². The number of ether oxygens (including phenoxy) is 1. The molecule has 0 saturated heterocycles. The van der Waals surface area contributed by atoms with Gasteiger partial charge in [0.1, 0.15) is 11.8 Å². The number of amides is 1. The van der Waals surface area contributed by atoms with Crippen LogP contribution in [0.25, 0.3) is 5.70 Å². The normalized spacial score (nSPS) is 17.4. The van der Waals surface area contributed by atoms with Crippen LogP contribution >= 0.6 is 22.6 Å². The standard InChI is InChI=1S/C14H10F2IN2O2.Y/c1-19-12(3-2-11(17)14(19)20)13-9(15)6-8(7-10(13)16)21-5-4-18;/h6-7,11H,2,5H2,1H3;/q-1;. The van der Waals surface area contributed by atoms with Crippen molar-refractivity contribution in [3.63, 3.8) is 0 Å². The number of nitrogens with zero attached hydrogens (tertiary/aromatic N) is 2. The Bertz CT molecular complexity index is 638. The third kappa shape index (κ3) is 4.03. The number of nitriles is 1. The molecule has 0 spiro atoms. The molecule has 0 N–H and O–H groups in total. The summed E-state index contributed by atoms with van der Waals surface area (Å²) in [5.74, 6) is -2.03. The quantitative estimate of drug-likeness (QED) is 0.371. The molecule has 0 saturated carbocycles. The average molecular weight is 492 g/mol. The Morgan fingerprint density at radius 2 is 2.09 bits per heavy atom. The largest absolute Gasteiger partial charge is 0.479 e. The number of rotatable bonds is 3. The first-order valence-corrected chi connectivity index (χ1v) is 7.22. The SMILES string of the molecule is CN1C(=O)C(I)C[C-]=C1c1c(F)cc(OCC#N)cc1F.[Y]. The van der Waals surface area contributed by atoms with Gasteiger partial charge in [-0.2, -0.15) is 5.26 Å². The number of halogens is 3. The van der Waals surface area contributed by atoms with Gasteiger partial charge in [0.05, 0.1) is 15.6 Å². The molecule has 0 fully saturated rings. The van der Waals surface area contributed by atoms with Crippen molar-refractivity contribution in [1.82, 2.24) is 4.90 Å². The van der Waals surface area contributed by atoms with Crippen LogP contribution in [0.5, 0.6) is 5.75 Å². The van der Waals surface area contributed by atoms with Crippen molar-refractivity contribution in [1.29, 1.82) is 5.26 Å². The van der Waals surface area contributed by atoms with Gasteiger partial charge in [0.25, 0.3) is 0 Å². The molecule has 1 aliphatic rings. The number of carbonyl (C=O) groups excluding carboxylic acids is 1. The molecular formula is C14H10F2IN2O2Y-. The number of alkyl halides is 1. The Morgan fingerprint density at radius 3 is 2.64 bits per heavy atom. The maximum atomic E-state index is 14.1. The van der Waals surface area contributed by atoms with Crippen molar-refractivity contribution in [2.24, 2.45) is 0 Å². The summed E-state index contributed by atoms with van der Waals surface area (Å²) in [6.07, 6.45) is 3.15. The summed E-state index contributed by atoms with van der Waals surface area (Å²) in [6, 6.07) is 3.68. The summed E-state index contributed by atoms with van der Waals surface area (Å²) in [4.78, 5) is 13.1. The van der Waals surface area contributed by atoms with E-state index >= 15 is 0 Å². The minimum absolute atomic E-state index is 0. The van der Waals surface area contributed by atoms with E-state index in [1.54, 1.807) is 6.07 Å². The van der Waals surface area contributed by atoms with Crippen LogP contribution in [0.1, 0.15) is 12.0 Å². The second kappa shape index (κ2) is 8.32. The topological polar surface area (TPSA) is 53.3 Å². The second-order valence-corrected chi connectivity index (χ2v) is 5.81. The van der Waals surface area contributed by atoms with Crippen molar-refractivity contribution in [2.45, 2.75) is 10.3 Å². The van der Waals surface area contributed by atoms with Crippen LogP contribution in [-0.2, 0) is 37.5 Å². The Kier molecular flexibility index (Phi) is 7.36. The Balaban J connectivity index is 0.00000242. The molecule has 0 aliphatic carbocycles. The van der Waals surface area contributed by atoms with E-state index in [1.165, 1.54) is 11.9 Å². The molecule has 22 heavy (non-hydrogen) atoms. The number of hydrogen-bond acceptors (Lipinski definition) is 3. The summed E-state index contributed by atoms with van der Waals surface area (Å²) in [5, 5.41) is 8.39. The van der Waals surface area contributed by atoms with E-state index in [1.807, 2.05) is 22.6 Å². The van der Waals surface area contributed by atoms with E-state index in [4.69, 9.17) is 10.00 Å². The predicted molar refractivity (Wildman–Crippen MR) is 79.3 cm³/mol. The van der Waals surface area contributed by atoms with E-state index in [0.717, 1.165) is 12.1 Å². The van der Waals surface area contributed by atoms with E-state index in [0.29, 0.717) is 6.42 Å². The van der Waals surface area contributed by atoms with Gasteiger partial charge in [0.2, 0.25) is 5.91 Å². The van der Waals surface area contributed by atoms with Crippen LogP contribution in [0.15, 0.2) is 12.1 Å². The molecule has 8 heteroatoms. The fraction of sp³-hybridized carbons (Fsp3) is 0.286. The summed E-state index contributed by atoms with van der Waals surface area (Å²) in [5.41, 5.74) is -0.242. The van der Waals surface area contributed by atoms with Crippen molar-refractivity contribution < 1.29 is 51.0 Å². The van der Waals surface area contributed by atoms with E-state index in [-0.39, 0.29) is 66.2 Å². The zero-order chi connectivity index (χ0) is 15.6. The van der Waals surface area contributed by atoms with Crippen LogP contribution in [0.2, 0.25) is 0 Å². The molecule has 1 heterocycles. The zero-order valence-electron chi connectivity index (χ0n) is 11.6. The van der Waals surface area contributed by atoms with Gasteiger partial charge in [-0.3, -0.25) is 4.79 Å². The average Bonchev–Trinajstić information content (AvgIpc) is 2.44. The molecule has 1 aromatic rings. The maximum absolute atomic E-state index is 14.1. The van der Waals surface area contributed by atoms with Crippen molar-refractivity contribution in [2.75, 3.05) is 13.7 Å². The molecule has 4 nitrogen and oxygen atoms in total. The molecule has 0 aromatic heterocycles. The first-order valence-electron chi connectivity index (χ1n) is 5.97. The van der Waals surface area contributed by atoms with Crippen molar-refractivity contribution >= 4 is 34.2 Å². The molecule has 0 bridgehead atoms. The van der Waals surface area contributed by atoms with Crippen LogP contribution in [0, 0.1) is 29.0 Å². The van der Waals surface area contributed by atoms with E-state index < -0.39 is 11.6 Å². The number of benzene rings is 1. The molecule has 2 rings (SSSR count). The number of carbonyl (C=O) groups is 1. The molecule has 113 valence electrons. The van der Waals surface area contributed by atoms with Crippen LogP contribution in [0.3, 0.4) is 0 Å². The zero-order valence-corrected chi connectivity index (χ0v) is 16.6. The van der Waals surface area contributed by atoms with Crippen LogP contribution in [0.4, 0.5) is 8.78 Å². The number of hydrogen-bond donors (Lipinski definition) is 0. The van der Waals surface area contributed by atoms with Gasteiger partial charge in [0, 0.05) is 39.8 Å². The van der Waals surface area contributed by atoms with Crippen molar-refractivity contribution in [3.05, 3.63) is 35.4 Å². The van der Waals surface area contributed by atoms with E-state index in [2.05, 4.69) is 6.08 Å². The molecule has 1 unspecified atom stereocenters. The molecule has 1 aliphatic heterocycles. The van der Waals surface area contributed by atoms with Gasteiger partial charge in [-0.15, -0.1) is 5.70 Å². The van der Waals surface area contributed by atoms with Gasteiger partial charge >= 0.3 is 0 Å². The third-order valence-electron chi connectivity index (χ3n) is 2.94. The predicted octanol–water partition coefficient (Wildman–Crippen LogP) is 2.67. The molecule has 1 atom stereocenters. The first kappa shape index (κ1) is 19.5. The first-order chi connectivity index (χ1) is 9.95. The third-order valence-corrected chi connectivity index (χ3v) is 3.91. The fourth-order valence-corrected chi connectivity index (χ4v) is 2.58. The Labute approximate surface area is 165 Å². The smallest absolute Gasteiger partial charge is 0.235 e. The Hall–Kier alpha value is -0.586. The van der Waals surface area contributed by atoms with Gasteiger partial charge in [-0.1, -0.05) is 34.6 Å². The molecule has 1 aromatic carbocycles. The van der Waals surface area contributed by atoms with Gasteiger partial charge in [-0.05, 0) is 12.1 Å². The van der Waals surface area contributed by atoms with Gasteiger partial charge in [-0.25, -0.2) is 14.9 Å². The molecular weight excluding hydrogens is 482 g/mol. The fourth-order valence-electron chi connectivity index (χ4n) is 1.94. The molecule has 1 radical (unpaired) electrons. The second-order valence-electron chi connectivity index (χ2n) is 4.30.